The summed E-state index contributed by atoms with van der Waals surface area (Å²) in [7, 11) is 0. The normalized spacial score (nSPS) is 13.9. The molecule has 398 valence electrons. The van der Waals surface area contributed by atoms with Crippen LogP contribution in [0.4, 0.5) is 0 Å². The second kappa shape index (κ2) is 23.1. The number of benzene rings is 6. The van der Waals surface area contributed by atoms with E-state index in [9.17, 15) is 15.6 Å². The Labute approximate surface area is 439 Å². The Kier molecular flexibility index (Phi) is 18.0. The maximum Gasteiger partial charge on any atom is 0.165 e. The van der Waals surface area contributed by atoms with E-state index in [2.05, 4.69) is 138 Å². The Balaban J connectivity index is 0.969. The average molecular weight is 1010 g/mol. The van der Waals surface area contributed by atoms with Crippen molar-refractivity contribution >= 4 is 0 Å². The van der Waals surface area contributed by atoms with E-state index in [0.29, 0.717) is 17.2 Å². The molecule has 2 unspecified atom stereocenters. The van der Waals surface area contributed by atoms with Gasteiger partial charge >= 0.3 is 0 Å². The Bertz CT molecular complexity index is 2680. The van der Waals surface area contributed by atoms with E-state index in [4.69, 9.17) is 29.1 Å². The minimum absolute atomic E-state index is 0.0833. The van der Waals surface area contributed by atoms with E-state index in [0.717, 1.165) is 50.1 Å². The van der Waals surface area contributed by atoms with Crippen LogP contribution < -0.4 is 14.4 Å². The summed E-state index contributed by atoms with van der Waals surface area (Å²) in [4.78, 5) is 13.9. The lowest BCUT2D eigenvalue weighted by atomic mass is 9.70. The number of rotatable bonds is 25. The van der Waals surface area contributed by atoms with E-state index in [1.54, 1.807) is 12.1 Å². The molecular formula is C63H80O11. The van der Waals surface area contributed by atoms with Gasteiger partial charge in [0.05, 0.1) is 24.4 Å². The predicted octanol–water partition coefficient (Wildman–Crippen LogP) is 13.9. The average Bonchev–Trinajstić information content (AvgIpc) is 3.40. The van der Waals surface area contributed by atoms with Crippen LogP contribution in [0.1, 0.15) is 147 Å². The van der Waals surface area contributed by atoms with E-state index in [-0.39, 0.29) is 42.7 Å². The Morgan fingerprint density at radius 3 is 1.04 bits per heavy atom. The minimum atomic E-state index is -0.834. The molecule has 0 aliphatic carbocycles. The molecule has 0 heterocycles. The van der Waals surface area contributed by atoms with E-state index < -0.39 is 34.4 Å². The molecule has 11 nitrogen and oxygen atoms in total. The van der Waals surface area contributed by atoms with Gasteiger partial charge in [0.2, 0.25) is 0 Å². The van der Waals surface area contributed by atoms with Crippen molar-refractivity contribution in [1.82, 2.24) is 0 Å². The highest BCUT2D eigenvalue weighted by molar-refractivity contribution is 5.45. The van der Waals surface area contributed by atoms with Crippen molar-refractivity contribution in [2.45, 2.75) is 148 Å². The minimum Gasteiger partial charge on any atom is -0.491 e. The highest BCUT2D eigenvalue weighted by Gasteiger charge is 2.40. The predicted molar refractivity (Wildman–Crippen MR) is 292 cm³/mol. The molecule has 6 rings (SSSR count). The number of hydrogen-bond acceptors (Lipinski definition) is 11. The molecule has 0 saturated heterocycles. The third-order valence-electron chi connectivity index (χ3n) is 15.8. The fourth-order valence-electron chi connectivity index (χ4n) is 9.06. The molecule has 74 heavy (non-hydrogen) atoms. The summed E-state index contributed by atoms with van der Waals surface area (Å²) < 4.78 is 24.8. The van der Waals surface area contributed by atoms with Gasteiger partial charge in [-0.25, -0.2) is 15.0 Å². The molecule has 6 aromatic carbocycles. The molecule has 11 heteroatoms. The summed E-state index contributed by atoms with van der Waals surface area (Å²) in [6.07, 6.45) is -1.56. The summed E-state index contributed by atoms with van der Waals surface area (Å²) in [5.41, 5.74) is 6.28. The lowest BCUT2D eigenvalue weighted by molar-refractivity contribution is -0.318. The summed E-state index contributed by atoms with van der Waals surface area (Å²) in [5.74, 6) is 1.70. The number of ether oxygens (including phenoxy) is 4. The van der Waals surface area contributed by atoms with Crippen LogP contribution in [-0.2, 0) is 52.1 Å². The van der Waals surface area contributed by atoms with Gasteiger partial charge in [-0.05, 0) is 128 Å². The first kappa shape index (κ1) is 57.7. The van der Waals surface area contributed by atoms with Crippen LogP contribution in [0.3, 0.4) is 0 Å². The summed E-state index contributed by atoms with van der Waals surface area (Å²) in [5, 5.41) is 39.0. The number of aliphatic hydroxyl groups excluding tert-OH is 1. The van der Waals surface area contributed by atoms with Gasteiger partial charge in [-0.15, -0.1) is 0 Å². The van der Waals surface area contributed by atoms with Crippen molar-refractivity contribution in [2.75, 3.05) is 26.4 Å². The fraction of sp³-hybridized carbons (Fsp3) is 0.429. The second-order valence-electron chi connectivity index (χ2n) is 23.1. The third kappa shape index (κ3) is 13.3. The maximum absolute atomic E-state index is 10.9. The number of hydrogen-bond donors (Lipinski definition) is 4. The first-order valence-corrected chi connectivity index (χ1v) is 25.5. The molecule has 6 aromatic rings. The van der Waals surface area contributed by atoms with Crippen LogP contribution in [0.25, 0.3) is 0 Å². The molecule has 0 radical (unpaired) electrons. The van der Waals surface area contributed by atoms with Gasteiger partial charge in [0, 0.05) is 21.7 Å². The number of aliphatic hydroxyl groups is 1. The molecule has 0 bridgehead atoms. The Hall–Kier alpha value is -5.60. The summed E-state index contributed by atoms with van der Waals surface area (Å²) in [6.45, 7) is 29.4. The monoisotopic (exact) mass is 1010 g/mol. The largest absolute Gasteiger partial charge is 0.491 e. The molecule has 0 amide bonds. The zero-order valence-corrected chi connectivity index (χ0v) is 46.0. The SMILES string of the molecule is CC(C)(OO)c1ccc(C(C)(C)c2ccc(OCC(COC(C)(C)C(C)(C)c3ccc(C(C)(C)c4ccc(OCC(O)COC(C)(C)c5ccc(C(C)(C)c6ccc(OO)cc6)cc5)cc4)cc3)OO)cc2)cc1. The van der Waals surface area contributed by atoms with Crippen LogP contribution in [0, 0.1) is 0 Å². The van der Waals surface area contributed by atoms with Crippen molar-refractivity contribution in [1.29, 1.82) is 0 Å². The third-order valence-corrected chi connectivity index (χ3v) is 15.8. The lowest BCUT2D eigenvalue weighted by Crippen LogP contribution is -2.47. The summed E-state index contributed by atoms with van der Waals surface area (Å²) >= 11 is 0. The quantitative estimate of drug-likeness (QED) is 0.0321. The first-order valence-electron chi connectivity index (χ1n) is 25.5. The highest BCUT2D eigenvalue weighted by Crippen LogP contribution is 2.41. The van der Waals surface area contributed by atoms with Gasteiger partial charge in [0.1, 0.15) is 42.5 Å². The Morgan fingerprint density at radius 2 is 0.676 bits per heavy atom. The standard InChI is InChI=1S/C63H80O11/c1-57(2,46-27-33-53(34-28-46)68-39-52(64)40-70-61(9,10)50-23-17-44(18-24-50)59(5,6)48-31-37-55(72-65)38-32-48)43-15-21-49(22-16-43)60(7,8)63(13,14)71-42-56(73-66)41-69-54-35-29-47(30-36-54)58(3,4)45-19-25-51(26-20-45)62(11,12)74-67/h15-38,52,56,64-67H,39-42H2,1-14H3. The van der Waals surface area contributed by atoms with Gasteiger partial charge in [-0.3, -0.25) is 10.5 Å². The van der Waals surface area contributed by atoms with Crippen molar-refractivity contribution in [2.24, 2.45) is 0 Å². The molecule has 0 aliphatic heterocycles. The molecular weight excluding hydrogens is 933 g/mol. The fourth-order valence-corrected chi connectivity index (χ4v) is 9.06. The highest BCUT2D eigenvalue weighted by atomic mass is 17.1. The molecule has 0 aliphatic rings. The smallest absolute Gasteiger partial charge is 0.165 e. The molecule has 2 atom stereocenters. The van der Waals surface area contributed by atoms with Crippen molar-refractivity contribution in [3.05, 3.63) is 196 Å². The molecule has 0 spiro atoms. The van der Waals surface area contributed by atoms with Crippen LogP contribution >= 0.6 is 0 Å². The van der Waals surface area contributed by atoms with Crippen LogP contribution in [0.15, 0.2) is 146 Å². The van der Waals surface area contributed by atoms with Crippen LogP contribution in [0.2, 0.25) is 0 Å². The van der Waals surface area contributed by atoms with Crippen LogP contribution in [0.5, 0.6) is 17.2 Å². The van der Waals surface area contributed by atoms with E-state index in [1.807, 2.05) is 102 Å². The van der Waals surface area contributed by atoms with Gasteiger partial charge in [-0.1, -0.05) is 165 Å². The van der Waals surface area contributed by atoms with Crippen molar-refractivity contribution in [3.63, 3.8) is 0 Å². The van der Waals surface area contributed by atoms with Gasteiger partial charge in [0.15, 0.2) is 5.75 Å². The van der Waals surface area contributed by atoms with Gasteiger partial charge in [-0.2, -0.15) is 0 Å². The van der Waals surface area contributed by atoms with Gasteiger partial charge in [0.25, 0.3) is 0 Å². The molecule has 4 N–H and O–H groups in total. The maximum atomic E-state index is 10.9. The lowest BCUT2D eigenvalue weighted by Gasteiger charge is -2.42. The van der Waals surface area contributed by atoms with Crippen LogP contribution in [-0.4, -0.2) is 65.1 Å². The van der Waals surface area contributed by atoms with E-state index in [1.165, 1.54) is 0 Å². The van der Waals surface area contributed by atoms with Crippen molar-refractivity contribution < 1.29 is 54.5 Å². The van der Waals surface area contributed by atoms with Gasteiger partial charge < -0.3 is 28.9 Å². The Morgan fingerprint density at radius 1 is 0.351 bits per heavy atom. The van der Waals surface area contributed by atoms with E-state index >= 15 is 0 Å². The zero-order valence-electron chi connectivity index (χ0n) is 46.0. The second-order valence-corrected chi connectivity index (χ2v) is 23.1. The zero-order chi connectivity index (χ0) is 54.3. The van der Waals surface area contributed by atoms with Crippen molar-refractivity contribution in [3.8, 4) is 17.2 Å². The summed E-state index contributed by atoms with van der Waals surface area (Å²) in [6, 6.07) is 48.4. The topological polar surface area (TPSA) is 146 Å². The molecule has 0 aromatic heterocycles. The molecule has 0 saturated carbocycles. The first-order chi connectivity index (χ1) is 34.7. The molecule has 0 fully saturated rings.